The minimum absolute atomic E-state index is 0.0884. The number of hydrogen-bond donors (Lipinski definition) is 1. The highest BCUT2D eigenvalue weighted by Gasteiger charge is 2.36. The average molecular weight is 647 g/mol. The van der Waals surface area contributed by atoms with Gasteiger partial charge in [0.1, 0.15) is 11.5 Å². The van der Waals surface area contributed by atoms with Crippen molar-refractivity contribution in [3.63, 3.8) is 0 Å². The number of Topliss-reactive ketones (excluding diaryl/α,β-unsaturated/α-hetero) is 2. The third-order valence-electron chi connectivity index (χ3n) is 9.81. The van der Waals surface area contributed by atoms with Crippen molar-refractivity contribution in [2.75, 3.05) is 6.61 Å². The van der Waals surface area contributed by atoms with Crippen LogP contribution in [0, 0.1) is 10.8 Å². The molecule has 260 valence electrons. The van der Waals surface area contributed by atoms with E-state index in [-0.39, 0.29) is 28.7 Å². The normalized spacial score (nSPS) is 14.5. The molecule has 3 rings (SSSR count). The van der Waals surface area contributed by atoms with Gasteiger partial charge in [0.15, 0.2) is 5.78 Å². The van der Waals surface area contributed by atoms with E-state index in [2.05, 4.69) is 65.8 Å². The Kier molecular flexibility index (Phi) is 15.1. The van der Waals surface area contributed by atoms with E-state index in [0.717, 1.165) is 50.5 Å². The molecule has 0 atom stereocenters. The third kappa shape index (κ3) is 10.1. The number of ketones is 2. The highest BCUT2D eigenvalue weighted by atomic mass is 16.5. The van der Waals surface area contributed by atoms with Crippen LogP contribution in [0.3, 0.4) is 0 Å². The minimum Gasteiger partial charge on any atom is -0.511 e. The molecule has 1 aliphatic rings. The Morgan fingerprint density at radius 3 is 1.68 bits per heavy atom. The Bertz CT molecular complexity index is 1390. The molecular weight excluding hydrogens is 584 g/mol. The standard InChI is InChI=1S/C22H34O3.C20H28O2/c1-7-16-13-17(8-2)20(18(9-3)14-16)15-19(23)11-12-22(5,6)21(24)25-10-4;1-6-13-11-14(7-2)17(15(8-3)12-13)18-16(21)9-10-20(4,5)19(18)22/h13-14H,7-12,15H2,1-6H3;11-12,22H,6-10H2,1-5H3. The molecule has 0 saturated carbocycles. The van der Waals surface area contributed by atoms with E-state index in [1.807, 2.05) is 27.7 Å². The highest BCUT2D eigenvalue weighted by Crippen LogP contribution is 2.43. The molecule has 0 saturated heterocycles. The Labute approximate surface area is 285 Å². The van der Waals surface area contributed by atoms with Crippen molar-refractivity contribution in [1.82, 2.24) is 0 Å². The molecule has 0 heterocycles. The summed E-state index contributed by atoms with van der Waals surface area (Å²) in [6.45, 7) is 22.8. The number of aliphatic hydroxyl groups is 1. The maximum absolute atomic E-state index is 12.6. The van der Waals surface area contributed by atoms with E-state index in [9.17, 15) is 19.5 Å². The first-order chi connectivity index (χ1) is 22.1. The van der Waals surface area contributed by atoms with Crippen LogP contribution < -0.4 is 0 Å². The molecule has 0 bridgehead atoms. The van der Waals surface area contributed by atoms with Crippen LogP contribution in [0.1, 0.15) is 146 Å². The average Bonchev–Trinajstić information content (AvgIpc) is 3.06. The molecule has 2 aromatic rings. The largest absolute Gasteiger partial charge is 0.511 e. The van der Waals surface area contributed by atoms with E-state index < -0.39 is 5.41 Å². The summed E-state index contributed by atoms with van der Waals surface area (Å²) in [5, 5.41) is 10.7. The number of aliphatic hydroxyl groups excluding tert-OH is 1. The number of carbonyl (C=O) groups excluding carboxylic acids is 3. The van der Waals surface area contributed by atoms with Gasteiger partial charge in [-0.25, -0.2) is 0 Å². The second-order valence-corrected chi connectivity index (χ2v) is 14.2. The molecular formula is C42H62O5. The van der Waals surface area contributed by atoms with Gasteiger partial charge < -0.3 is 9.84 Å². The number of carbonyl (C=O) groups is 3. The molecule has 0 amide bonds. The Hall–Kier alpha value is -3.21. The smallest absolute Gasteiger partial charge is 0.311 e. The van der Waals surface area contributed by atoms with Gasteiger partial charge in [-0.2, -0.15) is 0 Å². The van der Waals surface area contributed by atoms with Gasteiger partial charge in [0.25, 0.3) is 0 Å². The van der Waals surface area contributed by atoms with Crippen molar-refractivity contribution in [2.24, 2.45) is 10.8 Å². The summed E-state index contributed by atoms with van der Waals surface area (Å²) in [4.78, 5) is 37.1. The van der Waals surface area contributed by atoms with Crippen molar-refractivity contribution in [3.8, 4) is 0 Å². The van der Waals surface area contributed by atoms with E-state index >= 15 is 0 Å². The van der Waals surface area contributed by atoms with E-state index in [1.54, 1.807) is 6.92 Å². The molecule has 1 aliphatic carbocycles. The van der Waals surface area contributed by atoms with E-state index in [4.69, 9.17) is 4.74 Å². The topological polar surface area (TPSA) is 80.7 Å². The molecule has 2 aromatic carbocycles. The van der Waals surface area contributed by atoms with Crippen LogP contribution >= 0.6 is 0 Å². The summed E-state index contributed by atoms with van der Waals surface area (Å²) < 4.78 is 5.11. The van der Waals surface area contributed by atoms with Crippen molar-refractivity contribution in [2.45, 2.75) is 147 Å². The predicted molar refractivity (Wildman–Crippen MR) is 195 cm³/mol. The highest BCUT2D eigenvalue weighted by molar-refractivity contribution is 6.23. The third-order valence-corrected chi connectivity index (χ3v) is 9.81. The monoisotopic (exact) mass is 646 g/mol. The van der Waals surface area contributed by atoms with E-state index in [1.165, 1.54) is 38.9 Å². The minimum atomic E-state index is -0.612. The fraction of sp³-hybridized carbons (Fsp3) is 0.595. The lowest BCUT2D eigenvalue weighted by Crippen LogP contribution is -2.27. The van der Waals surface area contributed by atoms with Gasteiger partial charge in [-0.05, 0) is 117 Å². The second-order valence-electron chi connectivity index (χ2n) is 14.2. The van der Waals surface area contributed by atoms with Gasteiger partial charge in [-0.1, -0.05) is 79.7 Å². The summed E-state index contributed by atoms with van der Waals surface area (Å²) in [6, 6.07) is 8.88. The Balaban J connectivity index is 0.000000329. The van der Waals surface area contributed by atoms with Crippen LogP contribution in [0.15, 0.2) is 30.0 Å². The van der Waals surface area contributed by atoms with Crippen LogP contribution in [-0.4, -0.2) is 29.2 Å². The SMILES string of the molecule is CCOC(=O)C(C)(C)CCC(=O)Cc1c(CC)cc(CC)cc1CC.CCc1cc(CC)c(C2=C(O)C(C)(C)CCC2=O)c(CC)c1. The molecule has 5 heteroatoms. The van der Waals surface area contributed by atoms with Gasteiger partial charge >= 0.3 is 5.97 Å². The summed E-state index contributed by atoms with van der Waals surface area (Å²) in [6.07, 6.45) is 8.29. The maximum Gasteiger partial charge on any atom is 0.311 e. The predicted octanol–water partition coefficient (Wildman–Crippen LogP) is 9.89. The Morgan fingerprint density at radius 1 is 0.787 bits per heavy atom. The molecule has 0 unspecified atom stereocenters. The quantitative estimate of drug-likeness (QED) is 0.207. The van der Waals surface area contributed by atoms with Crippen LogP contribution in [0.25, 0.3) is 5.57 Å². The summed E-state index contributed by atoms with van der Waals surface area (Å²) in [5.74, 6) is 0.340. The van der Waals surface area contributed by atoms with Crippen LogP contribution in [0.2, 0.25) is 0 Å². The molecule has 5 nitrogen and oxygen atoms in total. The van der Waals surface area contributed by atoms with E-state index in [0.29, 0.717) is 37.9 Å². The summed E-state index contributed by atoms with van der Waals surface area (Å²) in [7, 11) is 0. The summed E-state index contributed by atoms with van der Waals surface area (Å²) >= 11 is 0. The first-order valence-corrected chi connectivity index (χ1v) is 18.1. The maximum atomic E-state index is 12.6. The molecule has 0 fully saturated rings. The molecule has 0 spiro atoms. The number of benzene rings is 2. The van der Waals surface area contributed by atoms with Gasteiger partial charge in [-0.15, -0.1) is 0 Å². The van der Waals surface area contributed by atoms with Crippen molar-refractivity contribution in [1.29, 1.82) is 0 Å². The van der Waals surface area contributed by atoms with Crippen molar-refractivity contribution in [3.05, 3.63) is 74.5 Å². The van der Waals surface area contributed by atoms with Crippen molar-refractivity contribution >= 4 is 23.1 Å². The van der Waals surface area contributed by atoms with Crippen LogP contribution in [-0.2, 0) is 64.1 Å². The number of esters is 1. The number of ether oxygens (including phenoxy) is 1. The van der Waals surface area contributed by atoms with Gasteiger partial charge in [0.2, 0.25) is 0 Å². The molecule has 0 radical (unpaired) electrons. The molecule has 1 N–H and O–H groups in total. The zero-order chi connectivity index (χ0) is 35.5. The lowest BCUT2D eigenvalue weighted by atomic mass is 9.73. The second kappa shape index (κ2) is 17.8. The van der Waals surface area contributed by atoms with Crippen molar-refractivity contribution < 1.29 is 24.2 Å². The van der Waals surface area contributed by atoms with Gasteiger partial charge in [0, 0.05) is 24.7 Å². The first kappa shape index (κ1) is 40.0. The molecule has 47 heavy (non-hydrogen) atoms. The lowest BCUT2D eigenvalue weighted by Gasteiger charge is -2.32. The number of allylic oxidation sites excluding steroid dienone is 2. The van der Waals surface area contributed by atoms with Crippen LogP contribution in [0.5, 0.6) is 0 Å². The zero-order valence-electron chi connectivity index (χ0n) is 31.4. The van der Waals surface area contributed by atoms with Crippen LogP contribution in [0.4, 0.5) is 0 Å². The number of aryl methyl sites for hydroxylation is 6. The fourth-order valence-electron chi connectivity index (χ4n) is 6.42. The fourth-order valence-corrected chi connectivity index (χ4v) is 6.42. The number of hydrogen-bond acceptors (Lipinski definition) is 5. The summed E-state index contributed by atoms with van der Waals surface area (Å²) in [5.41, 5.74) is 9.43. The number of rotatable bonds is 14. The first-order valence-electron chi connectivity index (χ1n) is 18.1. The lowest BCUT2D eigenvalue weighted by molar-refractivity contribution is -0.153. The van der Waals surface area contributed by atoms with Gasteiger partial charge in [-0.3, -0.25) is 14.4 Å². The Morgan fingerprint density at radius 2 is 1.26 bits per heavy atom. The molecule has 0 aliphatic heterocycles. The van der Waals surface area contributed by atoms with Gasteiger partial charge in [0.05, 0.1) is 17.6 Å². The molecule has 0 aromatic heterocycles. The zero-order valence-corrected chi connectivity index (χ0v) is 31.4.